The Balaban J connectivity index is 4.18. The Bertz CT molecular complexity index is 282. The van der Waals surface area contributed by atoms with Crippen LogP contribution in [0.1, 0.15) is 33.6 Å². The molecule has 0 aliphatic rings. The SMILES string of the molecule is CCCC(CNC(=O)NC(COC)C(C)C)C(=O)O. The number of carboxylic acids is 1. The van der Waals surface area contributed by atoms with E-state index in [2.05, 4.69) is 10.6 Å². The lowest BCUT2D eigenvalue weighted by molar-refractivity contribution is -0.141. The number of carbonyl (C=O) groups is 2. The summed E-state index contributed by atoms with van der Waals surface area (Å²) < 4.78 is 5.03. The average molecular weight is 274 g/mol. The monoisotopic (exact) mass is 274 g/mol. The van der Waals surface area contributed by atoms with E-state index in [0.717, 1.165) is 6.42 Å². The molecule has 0 aliphatic carbocycles. The maximum absolute atomic E-state index is 11.7. The molecule has 0 aromatic rings. The molecule has 0 fully saturated rings. The molecule has 6 nitrogen and oxygen atoms in total. The lowest BCUT2D eigenvalue weighted by Gasteiger charge is -2.22. The molecule has 3 N–H and O–H groups in total. The number of methoxy groups -OCH3 is 1. The van der Waals surface area contributed by atoms with Crippen molar-refractivity contribution in [2.75, 3.05) is 20.3 Å². The fourth-order valence-electron chi connectivity index (χ4n) is 1.68. The molecule has 2 unspecified atom stereocenters. The van der Waals surface area contributed by atoms with E-state index >= 15 is 0 Å². The number of hydrogen-bond donors (Lipinski definition) is 3. The van der Waals surface area contributed by atoms with Gasteiger partial charge in [-0.25, -0.2) is 4.79 Å². The van der Waals surface area contributed by atoms with Gasteiger partial charge in [-0.3, -0.25) is 4.79 Å². The zero-order valence-corrected chi connectivity index (χ0v) is 12.2. The highest BCUT2D eigenvalue weighted by molar-refractivity contribution is 5.76. The Hall–Kier alpha value is -1.30. The first kappa shape index (κ1) is 17.7. The van der Waals surface area contributed by atoms with E-state index in [1.165, 1.54) is 0 Å². The Labute approximate surface area is 114 Å². The summed E-state index contributed by atoms with van der Waals surface area (Å²) in [5, 5.41) is 14.4. The third-order valence-corrected chi connectivity index (χ3v) is 2.96. The van der Waals surface area contributed by atoms with E-state index in [4.69, 9.17) is 9.84 Å². The molecule has 0 heterocycles. The number of nitrogens with one attached hydrogen (secondary N) is 2. The van der Waals surface area contributed by atoms with Crippen LogP contribution in [0.4, 0.5) is 4.79 Å². The van der Waals surface area contributed by atoms with Crippen molar-refractivity contribution >= 4 is 12.0 Å². The molecule has 0 saturated carbocycles. The number of urea groups is 1. The lowest BCUT2D eigenvalue weighted by atomic mass is 10.0. The van der Waals surface area contributed by atoms with Crippen LogP contribution in [-0.4, -0.2) is 43.4 Å². The number of rotatable bonds is 9. The molecule has 6 heteroatoms. The fraction of sp³-hybridized carbons (Fsp3) is 0.846. The molecule has 2 atom stereocenters. The summed E-state index contributed by atoms with van der Waals surface area (Å²) in [5.74, 6) is -1.16. The number of ether oxygens (including phenoxy) is 1. The highest BCUT2D eigenvalue weighted by Crippen LogP contribution is 2.05. The summed E-state index contributed by atoms with van der Waals surface area (Å²) >= 11 is 0. The van der Waals surface area contributed by atoms with Gasteiger partial charge >= 0.3 is 12.0 Å². The minimum absolute atomic E-state index is 0.0838. The highest BCUT2D eigenvalue weighted by Gasteiger charge is 2.19. The van der Waals surface area contributed by atoms with Crippen LogP contribution in [0.15, 0.2) is 0 Å². The van der Waals surface area contributed by atoms with Crippen LogP contribution in [0, 0.1) is 11.8 Å². The van der Waals surface area contributed by atoms with Crippen LogP contribution in [0.2, 0.25) is 0 Å². The number of carboxylic acid groups (broad SMARTS) is 1. The van der Waals surface area contributed by atoms with E-state index in [-0.39, 0.29) is 24.5 Å². The summed E-state index contributed by atoms with van der Waals surface area (Å²) in [6.45, 7) is 6.47. The van der Waals surface area contributed by atoms with Crippen LogP contribution in [0.25, 0.3) is 0 Å². The Morgan fingerprint density at radius 3 is 2.37 bits per heavy atom. The second-order valence-corrected chi connectivity index (χ2v) is 4.98. The molecular formula is C13H26N2O4. The van der Waals surface area contributed by atoms with Crippen LogP contribution in [-0.2, 0) is 9.53 Å². The van der Waals surface area contributed by atoms with Gasteiger partial charge < -0.3 is 20.5 Å². The quantitative estimate of drug-likeness (QED) is 0.594. The summed E-state index contributed by atoms with van der Waals surface area (Å²) in [6.07, 6.45) is 1.33. The summed E-state index contributed by atoms with van der Waals surface area (Å²) in [4.78, 5) is 22.6. The van der Waals surface area contributed by atoms with E-state index in [0.29, 0.717) is 13.0 Å². The normalized spacial score (nSPS) is 13.9. The number of carbonyl (C=O) groups excluding carboxylic acids is 1. The van der Waals surface area contributed by atoms with Gasteiger partial charge in [0.1, 0.15) is 0 Å². The van der Waals surface area contributed by atoms with Crippen LogP contribution >= 0.6 is 0 Å². The van der Waals surface area contributed by atoms with E-state index in [9.17, 15) is 9.59 Å². The number of hydrogen-bond acceptors (Lipinski definition) is 3. The van der Waals surface area contributed by atoms with Gasteiger partial charge in [0.25, 0.3) is 0 Å². The standard InChI is InChI=1S/C13H26N2O4/c1-5-6-10(12(16)17)7-14-13(18)15-11(8-19-4)9(2)3/h9-11H,5-8H2,1-4H3,(H,16,17)(H2,14,15,18). The summed E-state index contributed by atoms with van der Waals surface area (Å²) in [6, 6.07) is -0.433. The lowest BCUT2D eigenvalue weighted by Crippen LogP contribution is -2.48. The molecule has 0 aliphatic heterocycles. The van der Waals surface area contributed by atoms with Gasteiger partial charge in [0.05, 0.1) is 18.6 Å². The van der Waals surface area contributed by atoms with Crippen molar-refractivity contribution in [2.45, 2.75) is 39.7 Å². The first-order valence-corrected chi connectivity index (χ1v) is 6.68. The molecule has 0 spiro atoms. The van der Waals surface area contributed by atoms with Gasteiger partial charge in [-0.2, -0.15) is 0 Å². The van der Waals surface area contributed by atoms with E-state index in [1.807, 2.05) is 20.8 Å². The predicted molar refractivity (Wildman–Crippen MR) is 73.1 cm³/mol. The zero-order valence-electron chi connectivity index (χ0n) is 12.2. The van der Waals surface area contributed by atoms with Gasteiger partial charge in [-0.1, -0.05) is 27.2 Å². The topological polar surface area (TPSA) is 87.7 Å². The van der Waals surface area contributed by atoms with Gasteiger partial charge in [0, 0.05) is 13.7 Å². The first-order chi connectivity index (χ1) is 8.92. The highest BCUT2D eigenvalue weighted by atomic mass is 16.5. The van der Waals surface area contributed by atoms with Crippen molar-refractivity contribution in [3.05, 3.63) is 0 Å². The molecule has 0 radical (unpaired) electrons. The summed E-state index contributed by atoms with van der Waals surface area (Å²) in [7, 11) is 1.58. The van der Waals surface area contributed by atoms with Crippen molar-refractivity contribution < 1.29 is 19.4 Å². The third kappa shape index (κ3) is 7.66. The van der Waals surface area contributed by atoms with Crippen molar-refractivity contribution in [3.63, 3.8) is 0 Å². The smallest absolute Gasteiger partial charge is 0.315 e. The van der Waals surface area contributed by atoms with Crippen LogP contribution in [0.5, 0.6) is 0 Å². The van der Waals surface area contributed by atoms with Crippen molar-refractivity contribution in [1.82, 2.24) is 10.6 Å². The third-order valence-electron chi connectivity index (χ3n) is 2.96. The maximum Gasteiger partial charge on any atom is 0.315 e. The predicted octanol–water partition coefficient (Wildman–Crippen LogP) is 1.46. The second-order valence-electron chi connectivity index (χ2n) is 4.98. The molecule has 112 valence electrons. The largest absolute Gasteiger partial charge is 0.481 e. The molecule has 0 rings (SSSR count). The van der Waals surface area contributed by atoms with E-state index < -0.39 is 11.9 Å². The number of aliphatic carboxylic acids is 1. The molecule has 19 heavy (non-hydrogen) atoms. The molecule has 0 aromatic heterocycles. The maximum atomic E-state index is 11.7. The Kier molecular flexibility index (Phi) is 8.95. The molecular weight excluding hydrogens is 248 g/mol. The van der Waals surface area contributed by atoms with Crippen LogP contribution < -0.4 is 10.6 Å². The van der Waals surface area contributed by atoms with Gasteiger partial charge in [0.2, 0.25) is 0 Å². The van der Waals surface area contributed by atoms with Gasteiger partial charge in [0.15, 0.2) is 0 Å². The summed E-state index contributed by atoms with van der Waals surface area (Å²) in [5.41, 5.74) is 0. The minimum Gasteiger partial charge on any atom is -0.481 e. The Morgan fingerprint density at radius 2 is 1.95 bits per heavy atom. The zero-order chi connectivity index (χ0) is 14.8. The van der Waals surface area contributed by atoms with Crippen molar-refractivity contribution in [1.29, 1.82) is 0 Å². The minimum atomic E-state index is -0.876. The van der Waals surface area contributed by atoms with E-state index in [1.54, 1.807) is 7.11 Å². The molecule has 0 saturated heterocycles. The van der Waals surface area contributed by atoms with Crippen molar-refractivity contribution in [2.24, 2.45) is 11.8 Å². The second kappa shape index (κ2) is 9.61. The first-order valence-electron chi connectivity index (χ1n) is 6.68. The Morgan fingerprint density at radius 1 is 1.32 bits per heavy atom. The van der Waals surface area contributed by atoms with Crippen molar-refractivity contribution in [3.8, 4) is 0 Å². The number of amides is 2. The molecule has 2 amide bonds. The van der Waals surface area contributed by atoms with Gasteiger partial charge in [-0.05, 0) is 12.3 Å². The molecule has 0 aromatic carbocycles. The van der Waals surface area contributed by atoms with Gasteiger partial charge in [-0.15, -0.1) is 0 Å². The molecule has 0 bridgehead atoms. The fourth-order valence-corrected chi connectivity index (χ4v) is 1.68. The average Bonchev–Trinajstić information content (AvgIpc) is 2.33. The van der Waals surface area contributed by atoms with Crippen LogP contribution in [0.3, 0.4) is 0 Å².